The number of aromatic nitrogens is 2. The molecule has 0 spiro atoms. The largest absolute Gasteiger partial charge is 0.303 e. The topological polar surface area (TPSA) is 42.9 Å². The molecular formula is C8H10N2OS. The van der Waals surface area contributed by atoms with E-state index in [4.69, 9.17) is 0 Å². The van der Waals surface area contributed by atoms with Crippen LogP contribution in [0.5, 0.6) is 0 Å². The highest BCUT2D eigenvalue weighted by Gasteiger charge is 1.95. The average molecular weight is 182 g/mol. The van der Waals surface area contributed by atoms with Crippen LogP contribution in [0.15, 0.2) is 17.4 Å². The minimum absolute atomic E-state index is 0.351. The first-order valence-electron chi connectivity index (χ1n) is 3.74. The van der Waals surface area contributed by atoms with Crippen LogP contribution in [-0.2, 0) is 11.2 Å². The fraction of sp³-hybridized carbons (Fsp3) is 0.375. The average Bonchev–Trinajstić information content (AvgIpc) is 2.09. The van der Waals surface area contributed by atoms with Crippen LogP contribution in [0.2, 0.25) is 0 Å². The third kappa shape index (κ3) is 2.62. The molecule has 0 aliphatic carbocycles. The summed E-state index contributed by atoms with van der Waals surface area (Å²) in [6.45, 7) is 2.06. The zero-order chi connectivity index (χ0) is 8.81. The summed E-state index contributed by atoms with van der Waals surface area (Å²) in [6.07, 6.45) is 4.53. The quantitative estimate of drug-likeness (QED) is 0.520. The van der Waals surface area contributed by atoms with Crippen LogP contribution in [0.25, 0.3) is 0 Å². The third-order valence-corrected chi connectivity index (χ3v) is 2.06. The molecule has 0 unspecified atom stereocenters. The highest BCUT2D eigenvalue weighted by atomic mass is 32.2. The summed E-state index contributed by atoms with van der Waals surface area (Å²) in [5, 5.41) is 0.909. The van der Waals surface area contributed by atoms with E-state index in [2.05, 4.69) is 16.9 Å². The van der Waals surface area contributed by atoms with Crippen molar-refractivity contribution in [3.8, 4) is 0 Å². The van der Waals surface area contributed by atoms with Crippen molar-refractivity contribution in [2.24, 2.45) is 0 Å². The Morgan fingerprint density at radius 3 is 2.83 bits per heavy atom. The van der Waals surface area contributed by atoms with Crippen molar-refractivity contribution in [1.82, 2.24) is 9.97 Å². The van der Waals surface area contributed by atoms with Gasteiger partial charge in [0.2, 0.25) is 0 Å². The molecule has 0 fully saturated rings. The SMILES string of the molecule is CCSc1cnc(CC=O)cn1. The van der Waals surface area contributed by atoms with Gasteiger partial charge in [0.15, 0.2) is 0 Å². The molecule has 1 aromatic heterocycles. The molecule has 0 amide bonds. The summed E-state index contributed by atoms with van der Waals surface area (Å²) in [6, 6.07) is 0. The minimum atomic E-state index is 0.351. The van der Waals surface area contributed by atoms with E-state index >= 15 is 0 Å². The maximum atomic E-state index is 10.1. The lowest BCUT2D eigenvalue weighted by molar-refractivity contribution is -0.107. The van der Waals surface area contributed by atoms with E-state index in [1.165, 1.54) is 0 Å². The van der Waals surface area contributed by atoms with Gasteiger partial charge in [0.1, 0.15) is 11.3 Å². The molecule has 0 atom stereocenters. The fourth-order valence-electron chi connectivity index (χ4n) is 0.756. The van der Waals surface area contributed by atoms with Crippen LogP contribution >= 0.6 is 11.8 Å². The van der Waals surface area contributed by atoms with E-state index in [1.807, 2.05) is 0 Å². The van der Waals surface area contributed by atoms with Crippen molar-refractivity contribution >= 4 is 18.0 Å². The molecular weight excluding hydrogens is 172 g/mol. The van der Waals surface area contributed by atoms with Crippen LogP contribution in [0, 0.1) is 0 Å². The lowest BCUT2D eigenvalue weighted by Crippen LogP contribution is -1.92. The molecule has 0 bridgehead atoms. The third-order valence-electron chi connectivity index (χ3n) is 1.27. The molecule has 4 heteroatoms. The molecule has 0 aromatic carbocycles. The van der Waals surface area contributed by atoms with Gasteiger partial charge < -0.3 is 4.79 Å². The Labute approximate surface area is 75.6 Å². The predicted octanol–water partition coefficient (Wildman–Crippen LogP) is 1.33. The molecule has 0 aliphatic heterocycles. The first kappa shape index (κ1) is 9.19. The zero-order valence-electron chi connectivity index (χ0n) is 6.86. The van der Waals surface area contributed by atoms with Gasteiger partial charge in [-0.05, 0) is 5.75 Å². The summed E-state index contributed by atoms with van der Waals surface area (Å²) < 4.78 is 0. The van der Waals surface area contributed by atoms with Crippen molar-refractivity contribution in [3.05, 3.63) is 18.1 Å². The molecule has 0 N–H and O–H groups in total. The Hall–Kier alpha value is -0.900. The maximum absolute atomic E-state index is 10.1. The van der Waals surface area contributed by atoms with Crippen molar-refractivity contribution in [2.45, 2.75) is 18.4 Å². The molecule has 0 saturated heterocycles. The highest BCUT2D eigenvalue weighted by Crippen LogP contribution is 2.12. The summed E-state index contributed by atoms with van der Waals surface area (Å²) in [7, 11) is 0. The van der Waals surface area contributed by atoms with Crippen LogP contribution in [0.4, 0.5) is 0 Å². The first-order chi connectivity index (χ1) is 5.86. The summed E-state index contributed by atoms with van der Waals surface area (Å²) in [4.78, 5) is 18.3. The van der Waals surface area contributed by atoms with Gasteiger partial charge in [-0.15, -0.1) is 11.8 Å². The normalized spacial score (nSPS) is 9.75. The molecule has 1 heterocycles. The van der Waals surface area contributed by atoms with Gasteiger partial charge in [0.25, 0.3) is 0 Å². The molecule has 1 rings (SSSR count). The second-order valence-electron chi connectivity index (χ2n) is 2.15. The van der Waals surface area contributed by atoms with Crippen molar-refractivity contribution in [1.29, 1.82) is 0 Å². The lowest BCUT2D eigenvalue weighted by Gasteiger charge is -1.96. The van der Waals surface area contributed by atoms with E-state index in [9.17, 15) is 4.79 Å². The van der Waals surface area contributed by atoms with Crippen LogP contribution < -0.4 is 0 Å². The van der Waals surface area contributed by atoms with Gasteiger partial charge in [-0.1, -0.05) is 6.92 Å². The Morgan fingerprint density at radius 2 is 2.33 bits per heavy atom. The standard InChI is InChI=1S/C8H10N2OS/c1-2-12-8-6-9-7(3-4-11)5-10-8/h4-6H,2-3H2,1H3. The van der Waals surface area contributed by atoms with Gasteiger partial charge in [-0.25, -0.2) is 4.98 Å². The lowest BCUT2D eigenvalue weighted by atomic mass is 10.3. The van der Waals surface area contributed by atoms with Crippen LogP contribution in [0.1, 0.15) is 12.6 Å². The van der Waals surface area contributed by atoms with Gasteiger partial charge in [-0.2, -0.15) is 0 Å². The molecule has 12 heavy (non-hydrogen) atoms. The molecule has 3 nitrogen and oxygen atoms in total. The summed E-state index contributed by atoms with van der Waals surface area (Å²) in [5.74, 6) is 0.988. The number of thioether (sulfide) groups is 1. The van der Waals surface area contributed by atoms with Gasteiger partial charge in [0, 0.05) is 6.42 Å². The van der Waals surface area contributed by atoms with E-state index < -0.39 is 0 Å². The Morgan fingerprint density at radius 1 is 1.50 bits per heavy atom. The highest BCUT2D eigenvalue weighted by molar-refractivity contribution is 7.99. The first-order valence-corrected chi connectivity index (χ1v) is 4.72. The molecule has 0 aliphatic rings. The molecule has 1 aromatic rings. The second-order valence-corrected chi connectivity index (χ2v) is 3.43. The maximum Gasteiger partial charge on any atom is 0.125 e. The van der Waals surface area contributed by atoms with Crippen molar-refractivity contribution in [2.75, 3.05) is 5.75 Å². The summed E-state index contributed by atoms with van der Waals surface area (Å²) >= 11 is 1.64. The minimum Gasteiger partial charge on any atom is -0.303 e. The number of rotatable bonds is 4. The molecule has 0 saturated carbocycles. The summed E-state index contributed by atoms with van der Waals surface area (Å²) in [5.41, 5.74) is 0.727. The monoisotopic (exact) mass is 182 g/mol. The predicted molar refractivity (Wildman–Crippen MR) is 48.2 cm³/mol. The van der Waals surface area contributed by atoms with E-state index in [-0.39, 0.29) is 0 Å². The van der Waals surface area contributed by atoms with E-state index in [1.54, 1.807) is 24.2 Å². The van der Waals surface area contributed by atoms with Gasteiger partial charge in [-0.3, -0.25) is 4.98 Å². The van der Waals surface area contributed by atoms with Gasteiger partial charge >= 0.3 is 0 Å². The number of aldehydes is 1. The van der Waals surface area contributed by atoms with Gasteiger partial charge in [0.05, 0.1) is 18.1 Å². The molecule has 0 radical (unpaired) electrons. The number of carbonyl (C=O) groups excluding carboxylic acids is 1. The Kier molecular flexibility index (Phi) is 3.73. The van der Waals surface area contributed by atoms with Crippen LogP contribution in [-0.4, -0.2) is 22.0 Å². The van der Waals surface area contributed by atoms with Crippen molar-refractivity contribution < 1.29 is 4.79 Å². The smallest absolute Gasteiger partial charge is 0.125 e. The van der Waals surface area contributed by atoms with Crippen molar-refractivity contribution in [3.63, 3.8) is 0 Å². The molecule has 64 valence electrons. The second kappa shape index (κ2) is 4.87. The fourth-order valence-corrected chi connectivity index (χ4v) is 1.31. The number of carbonyl (C=O) groups is 1. The zero-order valence-corrected chi connectivity index (χ0v) is 7.67. The van der Waals surface area contributed by atoms with E-state index in [0.29, 0.717) is 6.42 Å². The van der Waals surface area contributed by atoms with Crippen LogP contribution in [0.3, 0.4) is 0 Å². The number of hydrogen-bond donors (Lipinski definition) is 0. The Bertz CT molecular complexity index is 248. The number of hydrogen-bond acceptors (Lipinski definition) is 4. The number of nitrogens with zero attached hydrogens (tertiary/aromatic N) is 2. The van der Waals surface area contributed by atoms with E-state index in [0.717, 1.165) is 22.8 Å². The Balaban J connectivity index is 2.64.